The molecule has 1 aromatic heterocycles. The Morgan fingerprint density at radius 2 is 2.19 bits per heavy atom. The fourth-order valence-electron chi connectivity index (χ4n) is 1.65. The van der Waals surface area contributed by atoms with Crippen LogP contribution in [0, 0.1) is 12.7 Å². The second-order valence-electron chi connectivity index (χ2n) is 3.62. The van der Waals surface area contributed by atoms with Crippen molar-refractivity contribution in [2.24, 2.45) is 5.84 Å². The minimum Gasteiger partial charge on any atom is -0.467 e. The minimum atomic E-state index is -0.255. The van der Waals surface area contributed by atoms with E-state index in [1.54, 1.807) is 31.4 Å². The fourth-order valence-corrected chi connectivity index (χ4v) is 1.65. The predicted molar refractivity (Wildman–Crippen MR) is 59.0 cm³/mol. The molecule has 0 amide bonds. The third-order valence-electron chi connectivity index (χ3n) is 2.51. The Morgan fingerprint density at radius 1 is 1.38 bits per heavy atom. The molecule has 1 unspecified atom stereocenters. The Hall–Kier alpha value is -1.65. The van der Waals surface area contributed by atoms with Crippen LogP contribution in [0.15, 0.2) is 41.0 Å². The molecule has 0 saturated carbocycles. The Kier molecular flexibility index (Phi) is 3.03. The fraction of sp³-hybridized carbons (Fsp3) is 0.167. The number of furan rings is 1. The summed E-state index contributed by atoms with van der Waals surface area (Å²) in [4.78, 5) is 0. The van der Waals surface area contributed by atoms with Gasteiger partial charge in [-0.15, -0.1) is 0 Å². The molecule has 0 saturated heterocycles. The van der Waals surface area contributed by atoms with Crippen LogP contribution in [0.5, 0.6) is 0 Å². The summed E-state index contributed by atoms with van der Waals surface area (Å²) in [6.07, 6.45) is 1.58. The van der Waals surface area contributed by atoms with Crippen LogP contribution in [-0.4, -0.2) is 0 Å². The van der Waals surface area contributed by atoms with Crippen molar-refractivity contribution >= 4 is 0 Å². The molecule has 3 N–H and O–H groups in total. The lowest BCUT2D eigenvalue weighted by atomic mass is 10.0. The van der Waals surface area contributed by atoms with E-state index in [4.69, 9.17) is 10.3 Å². The highest BCUT2D eigenvalue weighted by molar-refractivity contribution is 5.30. The summed E-state index contributed by atoms with van der Waals surface area (Å²) < 4.78 is 18.4. The van der Waals surface area contributed by atoms with E-state index in [0.717, 1.165) is 5.56 Å². The molecule has 0 aliphatic heterocycles. The number of aryl methyl sites for hydroxylation is 1. The summed E-state index contributed by atoms with van der Waals surface area (Å²) in [5, 5.41) is 0. The normalized spacial score (nSPS) is 12.7. The first kappa shape index (κ1) is 10.9. The van der Waals surface area contributed by atoms with Gasteiger partial charge in [-0.05, 0) is 36.2 Å². The maximum Gasteiger partial charge on any atom is 0.126 e. The van der Waals surface area contributed by atoms with Crippen molar-refractivity contribution < 1.29 is 8.81 Å². The average Bonchev–Trinajstić information content (AvgIpc) is 2.78. The predicted octanol–water partition coefficient (Wildman–Crippen LogP) is 2.28. The van der Waals surface area contributed by atoms with Crippen LogP contribution in [0.1, 0.15) is 22.9 Å². The number of nitrogens with two attached hydrogens (primary N) is 1. The molecule has 3 nitrogen and oxygen atoms in total. The van der Waals surface area contributed by atoms with Crippen molar-refractivity contribution in [1.82, 2.24) is 5.43 Å². The topological polar surface area (TPSA) is 51.2 Å². The van der Waals surface area contributed by atoms with Crippen LogP contribution in [0.2, 0.25) is 0 Å². The molecule has 0 radical (unpaired) electrons. The van der Waals surface area contributed by atoms with E-state index in [9.17, 15) is 4.39 Å². The van der Waals surface area contributed by atoms with E-state index < -0.39 is 0 Å². The molecule has 0 aliphatic carbocycles. The molecule has 0 bridgehead atoms. The standard InChI is InChI=1S/C12H13FN2O/c1-8-7-9(4-5-10(8)13)12(15-14)11-3-2-6-16-11/h2-7,12,15H,14H2,1H3. The van der Waals surface area contributed by atoms with Crippen LogP contribution in [-0.2, 0) is 0 Å². The highest BCUT2D eigenvalue weighted by Crippen LogP contribution is 2.23. The van der Waals surface area contributed by atoms with E-state index >= 15 is 0 Å². The smallest absolute Gasteiger partial charge is 0.126 e. The Morgan fingerprint density at radius 3 is 2.75 bits per heavy atom. The number of halogens is 1. The molecule has 2 rings (SSSR count). The van der Waals surface area contributed by atoms with Crippen LogP contribution in [0.4, 0.5) is 4.39 Å². The summed E-state index contributed by atoms with van der Waals surface area (Å²) >= 11 is 0. The molecule has 1 heterocycles. The minimum absolute atomic E-state index is 0.223. The SMILES string of the molecule is Cc1cc(C(NN)c2ccco2)ccc1F. The third kappa shape index (κ3) is 1.98. The molecule has 0 fully saturated rings. The van der Waals surface area contributed by atoms with Gasteiger partial charge in [0.15, 0.2) is 0 Å². The lowest BCUT2D eigenvalue weighted by Gasteiger charge is -2.14. The van der Waals surface area contributed by atoms with E-state index in [0.29, 0.717) is 11.3 Å². The van der Waals surface area contributed by atoms with Gasteiger partial charge < -0.3 is 4.42 Å². The second kappa shape index (κ2) is 4.47. The first-order valence-electron chi connectivity index (χ1n) is 4.98. The van der Waals surface area contributed by atoms with Crippen molar-refractivity contribution in [3.05, 3.63) is 59.3 Å². The summed E-state index contributed by atoms with van der Waals surface area (Å²) in [5.41, 5.74) is 4.11. The van der Waals surface area contributed by atoms with Crippen molar-refractivity contribution in [1.29, 1.82) is 0 Å². The van der Waals surface area contributed by atoms with E-state index in [2.05, 4.69) is 5.43 Å². The van der Waals surface area contributed by atoms with Gasteiger partial charge in [0.1, 0.15) is 17.6 Å². The molecule has 16 heavy (non-hydrogen) atoms. The largest absolute Gasteiger partial charge is 0.467 e. The number of hydrazine groups is 1. The molecule has 0 aliphatic rings. The van der Waals surface area contributed by atoms with Gasteiger partial charge in [-0.1, -0.05) is 12.1 Å². The van der Waals surface area contributed by atoms with E-state index in [1.165, 1.54) is 6.07 Å². The Balaban J connectivity index is 2.37. The molecule has 1 atom stereocenters. The monoisotopic (exact) mass is 220 g/mol. The van der Waals surface area contributed by atoms with Gasteiger partial charge in [0.25, 0.3) is 0 Å². The zero-order valence-electron chi connectivity index (χ0n) is 8.91. The van der Waals surface area contributed by atoms with Crippen molar-refractivity contribution in [3.63, 3.8) is 0 Å². The average molecular weight is 220 g/mol. The van der Waals surface area contributed by atoms with Gasteiger partial charge >= 0.3 is 0 Å². The van der Waals surface area contributed by atoms with Crippen LogP contribution >= 0.6 is 0 Å². The lowest BCUT2D eigenvalue weighted by Crippen LogP contribution is -2.28. The van der Waals surface area contributed by atoms with Crippen molar-refractivity contribution in [2.45, 2.75) is 13.0 Å². The lowest BCUT2D eigenvalue weighted by molar-refractivity contribution is 0.451. The van der Waals surface area contributed by atoms with Gasteiger partial charge in [0, 0.05) is 0 Å². The first-order valence-corrected chi connectivity index (χ1v) is 4.98. The van der Waals surface area contributed by atoms with E-state index in [1.807, 2.05) is 6.07 Å². The number of hydrogen-bond donors (Lipinski definition) is 2. The molecule has 2 aromatic rings. The Labute approximate surface area is 93.0 Å². The zero-order chi connectivity index (χ0) is 11.5. The molecule has 84 valence electrons. The molecule has 0 spiro atoms. The van der Waals surface area contributed by atoms with Gasteiger partial charge in [0.2, 0.25) is 0 Å². The van der Waals surface area contributed by atoms with Gasteiger partial charge in [-0.3, -0.25) is 5.84 Å². The van der Waals surface area contributed by atoms with Gasteiger partial charge in [0.05, 0.1) is 6.26 Å². The van der Waals surface area contributed by atoms with Gasteiger partial charge in [-0.2, -0.15) is 0 Å². The maximum absolute atomic E-state index is 13.1. The van der Waals surface area contributed by atoms with Crippen LogP contribution in [0.3, 0.4) is 0 Å². The summed E-state index contributed by atoms with van der Waals surface area (Å²) in [6, 6.07) is 8.23. The summed E-state index contributed by atoms with van der Waals surface area (Å²) in [6.45, 7) is 1.72. The number of hydrogen-bond acceptors (Lipinski definition) is 3. The maximum atomic E-state index is 13.1. The second-order valence-corrected chi connectivity index (χ2v) is 3.62. The highest BCUT2D eigenvalue weighted by Gasteiger charge is 2.15. The van der Waals surface area contributed by atoms with E-state index in [-0.39, 0.29) is 11.9 Å². The van der Waals surface area contributed by atoms with Crippen molar-refractivity contribution in [3.8, 4) is 0 Å². The molecular formula is C12H13FN2O. The third-order valence-corrected chi connectivity index (χ3v) is 2.51. The summed E-state index contributed by atoms with van der Waals surface area (Å²) in [7, 11) is 0. The highest BCUT2D eigenvalue weighted by atomic mass is 19.1. The van der Waals surface area contributed by atoms with Crippen LogP contribution in [0.25, 0.3) is 0 Å². The molecule has 4 heteroatoms. The number of nitrogens with one attached hydrogen (secondary N) is 1. The number of rotatable bonds is 3. The molecule has 1 aromatic carbocycles. The number of benzene rings is 1. The first-order chi connectivity index (χ1) is 7.72. The Bertz CT molecular complexity index is 468. The zero-order valence-corrected chi connectivity index (χ0v) is 8.91. The quantitative estimate of drug-likeness (QED) is 0.616. The van der Waals surface area contributed by atoms with Gasteiger partial charge in [-0.25, -0.2) is 9.82 Å². The summed E-state index contributed by atoms with van der Waals surface area (Å²) in [5.74, 6) is 5.96. The van der Waals surface area contributed by atoms with Crippen molar-refractivity contribution in [2.75, 3.05) is 0 Å². The molecular weight excluding hydrogens is 207 g/mol. The van der Waals surface area contributed by atoms with Crippen LogP contribution < -0.4 is 11.3 Å².